The number of carbonyl (C=O) groups is 1. The van der Waals surface area contributed by atoms with E-state index in [-0.39, 0.29) is 12.5 Å². The Morgan fingerprint density at radius 3 is 2.60 bits per heavy atom. The highest BCUT2D eigenvalue weighted by molar-refractivity contribution is 7.10. The Kier molecular flexibility index (Phi) is 4.74. The van der Waals surface area contributed by atoms with Gasteiger partial charge in [0.15, 0.2) is 6.61 Å². The molecule has 0 aliphatic carbocycles. The van der Waals surface area contributed by atoms with Gasteiger partial charge in [-0.25, -0.2) is 0 Å². The minimum absolute atomic E-state index is 0.00201. The number of benzene rings is 1. The standard InChI is InChI=1S/C15H18N2O2S/c1-10(2)12-4-6-13(7-5-12)19-9-14(18)16-15-8-11(3)17-20-15/h4-8,10H,9H2,1-3H3,(H,16,18). The van der Waals surface area contributed by atoms with Crippen molar-refractivity contribution in [3.8, 4) is 5.75 Å². The van der Waals surface area contributed by atoms with Gasteiger partial charge in [-0.3, -0.25) is 4.79 Å². The summed E-state index contributed by atoms with van der Waals surface area (Å²) in [5, 5.41) is 3.50. The van der Waals surface area contributed by atoms with E-state index in [9.17, 15) is 4.79 Å². The smallest absolute Gasteiger partial charge is 0.262 e. The predicted molar refractivity (Wildman–Crippen MR) is 81.5 cm³/mol. The fraction of sp³-hybridized carbons (Fsp3) is 0.333. The number of carbonyl (C=O) groups excluding carboxylic acids is 1. The molecule has 1 heterocycles. The second kappa shape index (κ2) is 6.52. The van der Waals surface area contributed by atoms with Gasteiger partial charge in [0.25, 0.3) is 5.91 Å². The molecule has 0 spiro atoms. The number of hydrogen-bond acceptors (Lipinski definition) is 4. The van der Waals surface area contributed by atoms with Crippen LogP contribution in [0.25, 0.3) is 0 Å². The monoisotopic (exact) mass is 290 g/mol. The van der Waals surface area contributed by atoms with Crippen molar-refractivity contribution >= 4 is 22.4 Å². The number of hydrogen-bond donors (Lipinski definition) is 1. The van der Waals surface area contributed by atoms with Gasteiger partial charge in [0, 0.05) is 0 Å². The first-order chi connectivity index (χ1) is 9.54. The number of nitrogens with zero attached hydrogens (tertiary/aromatic N) is 1. The minimum Gasteiger partial charge on any atom is -0.484 e. The van der Waals surface area contributed by atoms with Crippen molar-refractivity contribution in [1.82, 2.24) is 4.37 Å². The van der Waals surface area contributed by atoms with E-state index in [1.165, 1.54) is 17.1 Å². The van der Waals surface area contributed by atoms with Crippen molar-refractivity contribution in [3.63, 3.8) is 0 Å². The Labute approximate surface area is 123 Å². The van der Waals surface area contributed by atoms with Gasteiger partial charge in [-0.1, -0.05) is 26.0 Å². The maximum atomic E-state index is 11.7. The summed E-state index contributed by atoms with van der Waals surface area (Å²) in [6.07, 6.45) is 0. The van der Waals surface area contributed by atoms with Crippen LogP contribution in [0.2, 0.25) is 0 Å². The molecule has 2 rings (SSSR count). The van der Waals surface area contributed by atoms with Crippen LogP contribution in [0, 0.1) is 6.92 Å². The summed E-state index contributed by atoms with van der Waals surface area (Å²) in [5.74, 6) is 1.01. The van der Waals surface area contributed by atoms with Crippen LogP contribution >= 0.6 is 11.5 Å². The van der Waals surface area contributed by atoms with Crippen molar-refractivity contribution in [3.05, 3.63) is 41.6 Å². The molecule has 1 aromatic heterocycles. The summed E-state index contributed by atoms with van der Waals surface area (Å²) in [6.45, 7) is 6.16. The maximum absolute atomic E-state index is 11.7. The van der Waals surface area contributed by atoms with Crippen molar-refractivity contribution in [2.75, 3.05) is 11.9 Å². The number of aryl methyl sites for hydroxylation is 1. The van der Waals surface area contributed by atoms with Gasteiger partial charge in [0.1, 0.15) is 10.8 Å². The SMILES string of the molecule is Cc1cc(NC(=O)COc2ccc(C(C)C)cc2)sn1. The number of nitrogens with one attached hydrogen (secondary N) is 1. The molecule has 4 nitrogen and oxygen atoms in total. The fourth-order valence-corrected chi connectivity index (χ4v) is 2.37. The van der Waals surface area contributed by atoms with Crippen LogP contribution in [0.3, 0.4) is 0 Å². The Hall–Kier alpha value is -1.88. The average Bonchev–Trinajstić information content (AvgIpc) is 2.82. The van der Waals surface area contributed by atoms with E-state index in [2.05, 4.69) is 23.5 Å². The topological polar surface area (TPSA) is 51.2 Å². The van der Waals surface area contributed by atoms with Crippen LogP contribution in [0.5, 0.6) is 5.75 Å². The van der Waals surface area contributed by atoms with Crippen LogP contribution in [0.1, 0.15) is 31.0 Å². The second-order valence-electron chi connectivity index (χ2n) is 4.89. The third-order valence-corrected chi connectivity index (χ3v) is 3.60. The summed E-state index contributed by atoms with van der Waals surface area (Å²) in [7, 11) is 0. The lowest BCUT2D eigenvalue weighted by molar-refractivity contribution is -0.118. The summed E-state index contributed by atoms with van der Waals surface area (Å²) in [4.78, 5) is 11.7. The Morgan fingerprint density at radius 1 is 1.35 bits per heavy atom. The summed E-state index contributed by atoms with van der Waals surface area (Å²) >= 11 is 1.27. The fourth-order valence-electron chi connectivity index (χ4n) is 1.69. The largest absolute Gasteiger partial charge is 0.484 e. The summed E-state index contributed by atoms with van der Waals surface area (Å²) < 4.78 is 9.55. The van der Waals surface area contributed by atoms with Gasteiger partial charge >= 0.3 is 0 Å². The highest BCUT2D eigenvalue weighted by Gasteiger charge is 2.06. The molecule has 0 saturated carbocycles. The van der Waals surface area contributed by atoms with Crippen LogP contribution in [0.4, 0.5) is 5.00 Å². The molecule has 0 bridgehead atoms. The van der Waals surface area contributed by atoms with Crippen LogP contribution in [-0.4, -0.2) is 16.9 Å². The molecule has 0 atom stereocenters. The first kappa shape index (κ1) is 14.5. The van der Waals surface area contributed by atoms with E-state index in [1.807, 2.05) is 37.3 Å². The zero-order valence-electron chi connectivity index (χ0n) is 11.8. The second-order valence-corrected chi connectivity index (χ2v) is 5.70. The zero-order valence-corrected chi connectivity index (χ0v) is 12.7. The van der Waals surface area contributed by atoms with Gasteiger partial charge in [0.05, 0.1) is 5.69 Å². The first-order valence-electron chi connectivity index (χ1n) is 6.50. The summed E-state index contributed by atoms with van der Waals surface area (Å²) in [6, 6.07) is 9.65. The molecule has 5 heteroatoms. The van der Waals surface area contributed by atoms with Crippen LogP contribution in [-0.2, 0) is 4.79 Å². The van der Waals surface area contributed by atoms with Gasteiger partial charge in [-0.05, 0) is 48.1 Å². The molecule has 20 heavy (non-hydrogen) atoms. The molecule has 0 aliphatic rings. The van der Waals surface area contributed by atoms with E-state index in [0.717, 1.165) is 10.7 Å². The normalized spacial score (nSPS) is 10.6. The first-order valence-corrected chi connectivity index (χ1v) is 7.28. The molecule has 1 N–H and O–H groups in total. The van der Waals surface area contributed by atoms with E-state index in [1.54, 1.807) is 0 Å². The van der Waals surface area contributed by atoms with Crippen molar-refractivity contribution < 1.29 is 9.53 Å². The molecule has 2 aromatic rings. The van der Waals surface area contributed by atoms with Gasteiger partial charge in [-0.15, -0.1) is 0 Å². The summed E-state index contributed by atoms with van der Waals surface area (Å²) in [5.41, 5.74) is 2.15. The van der Waals surface area contributed by atoms with Crippen molar-refractivity contribution in [2.45, 2.75) is 26.7 Å². The predicted octanol–water partition coefficient (Wildman–Crippen LogP) is 3.59. The van der Waals surface area contributed by atoms with Gasteiger partial charge < -0.3 is 10.1 Å². The molecule has 0 fully saturated rings. The molecular weight excluding hydrogens is 272 g/mol. The molecule has 1 amide bonds. The number of ether oxygens (including phenoxy) is 1. The van der Waals surface area contributed by atoms with Crippen LogP contribution in [0.15, 0.2) is 30.3 Å². The highest BCUT2D eigenvalue weighted by Crippen LogP contribution is 2.19. The molecule has 0 unspecified atom stereocenters. The van der Waals surface area contributed by atoms with E-state index >= 15 is 0 Å². The highest BCUT2D eigenvalue weighted by atomic mass is 32.1. The molecule has 1 aromatic carbocycles. The molecule has 106 valence electrons. The van der Waals surface area contributed by atoms with E-state index in [0.29, 0.717) is 11.7 Å². The Balaban J connectivity index is 1.83. The number of anilines is 1. The van der Waals surface area contributed by atoms with E-state index in [4.69, 9.17) is 4.74 Å². The van der Waals surface area contributed by atoms with Gasteiger partial charge in [-0.2, -0.15) is 4.37 Å². The quantitative estimate of drug-likeness (QED) is 0.915. The molecular formula is C15H18N2O2S. The zero-order chi connectivity index (χ0) is 14.5. The lowest BCUT2D eigenvalue weighted by atomic mass is 10.0. The molecule has 0 radical (unpaired) electrons. The Bertz CT molecular complexity index is 576. The van der Waals surface area contributed by atoms with E-state index < -0.39 is 0 Å². The van der Waals surface area contributed by atoms with Gasteiger partial charge in [0.2, 0.25) is 0 Å². The van der Waals surface area contributed by atoms with Crippen molar-refractivity contribution in [2.24, 2.45) is 0 Å². The number of aromatic nitrogens is 1. The lowest BCUT2D eigenvalue weighted by Gasteiger charge is -2.08. The molecule has 0 aliphatic heterocycles. The van der Waals surface area contributed by atoms with Crippen LogP contribution < -0.4 is 10.1 Å². The maximum Gasteiger partial charge on any atom is 0.262 e. The number of amides is 1. The average molecular weight is 290 g/mol. The molecule has 0 saturated heterocycles. The van der Waals surface area contributed by atoms with Crippen molar-refractivity contribution in [1.29, 1.82) is 0 Å². The Morgan fingerprint density at radius 2 is 2.05 bits per heavy atom. The third kappa shape index (κ3) is 4.06. The number of rotatable bonds is 5. The third-order valence-electron chi connectivity index (χ3n) is 2.81. The lowest BCUT2D eigenvalue weighted by Crippen LogP contribution is -2.19. The minimum atomic E-state index is -0.179.